The first-order chi connectivity index (χ1) is 13.3. The summed E-state index contributed by atoms with van der Waals surface area (Å²) in [5.74, 6) is 0.985. The molecular weight excluding hydrogens is 344 g/mol. The molecule has 0 bridgehead atoms. The molecule has 4 atom stereocenters. The number of aliphatic hydroxyl groups is 2. The number of ether oxygens (including phenoxy) is 2. The maximum absolute atomic E-state index is 9.67. The van der Waals surface area contributed by atoms with E-state index in [1.54, 1.807) is 0 Å². The molecule has 0 aliphatic carbocycles. The fourth-order valence-electron chi connectivity index (χ4n) is 3.46. The Morgan fingerprint density at radius 3 is 1.44 bits per heavy atom. The lowest BCUT2D eigenvalue weighted by molar-refractivity contribution is 0.144. The molecule has 6 nitrogen and oxygen atoms in total. The van der Waals surface area contributed by atoms with Crippen LogP contribution in [0.25, 0.3) is 0 Å². The van der Waals surface area contributed by atoms with E-state index in [-0.39, 0.29) is 37.5 Å². The molecule has 2 aromatic carbocycles. The van der Waals surface area contributed by atoms with E-state index in [9.17, 15) is 10.2 Å². The van der Waals surface area contributed by atoms with Gasteiger partial charge in [0.05, 0.1) is 19.6 Å². The summed E-state index contributed by atoms with van der Waals surface area (Å²) in [6.45, 7) is -0.190. The second kappa shape index (κ2) is 7.90. The van der Waals surface area contributed by atoms with Gasteiger partial charge in [-0.25, -0.2) is 9.98 Å². The van der Waals surface area contributed by atoms with E-state index >= 15 is 0 Å². The normalized spacial score (nSPS) is 26.9. The lowest BCUT2D eigenvalue weighted by Gasteiger charge is -2.17. The topological polar surface area (TPSA) is 83.6 Å². The van der Waals surface area contributed by atoms with Gasteiger partial charge in [0.2, 0.25) is 0 Å². The molecule has 0 fully saturated rings. The van der Waals surface area contributed by atoms with Crippen molar-refractivity contribution >= 4 is 11.8 Å². The third kappa shape index (κ3) is 3.72. The van der Waals surface area contributed by atoms with E-state index in [0.717, 1.165) is 11.1 Å². The van der Waals surface area contributed by atoms with Crippen LogP contribution in [0.4, 0.5) is 0 Å². The van der Waals surface area contributed by atoms with Crippen LogP contribution in [-0.4, -0.2) is 47.3 Å². The lowest BCUT2D eigenvalue weighted by Crippen LogP contribution is -2.18. The molecule has 0 radical (unpaired) electrons. The van der Waals surface area contributed by atoms with Crippen LogP contribution < -0.4 is 0 Å². The molecule has 2 aliphatic rings. The van der Waals surface area contributed by atoms with Gasteiger partial charge in [-0.2, -0.15) is 0 Å². The Balaban J connectivity index is 1.46. The minimum atomic E-state index is -0.344. The average molecular weight is 366 g/mol. The zero-order valence-corrected chi connectivity index (χ0v) is 14.8. The standard InChI is InChI=1S/C21H22N2O4/c24-12-16-20(14-7-3-1-4-8-14)26-18(22-16)11-19-23-17(13-25)21(27-19)15-9-5-2-6-10-15/h1-10,16-17,20-21,24-25H,11-13H2/t16-,17-,20-,21-/m1/s1. The van der Waals surface area contributed by atoms with Crippen molar-refractivity contribution in [3.8, 4) is 0 Å². The summed E-state index contributed by atoms with van der Waals surface area (Å²) in [6, 6.07) is 18.8. The quantitative estimate of drug-likeness (QED) is 0.822. The fourth-order valence-corrected chi connectivity index (χ4v) is 3.46. The van der Waals surface area contributed by atoms with Crippen molar-refractivity contribution in [1.29, 1.82) is 0 Å². The molecule has 2 N–H and O–H groups in total. The van der Waals surface area contributed by atoms with Crippen molar-refractivity contribution in [2.75, 3.05) is 13.2 Å². The molecule has 2 aliphatic heterocycles. The van der Waals surface area contributed by atoms with Crippen molar-refractivity contribution in [3.05, 3.63) is 71.8 Å². The molecular formula is C21H22N2O4. The number of nitrogens with zero attached hydrogens (tertiary/aromatic N) is 2. The van der Waals surface area contributed by atoms with Gasteiger partial charge in [-0.1, -0.05) is 60.7 Å². The van der Waals surface area contributed by atoms with E-state index in [1.807, 2.05) is 60.7 Å². The van der Waals surface area contributed by atoms with Gasteiger partial charge in [0, 0.05) is 0 Å². The smallest absolute Gasteiger partial charge is 0.193 e. The van der Waals surface area contributed by atoms with Crippen molar-refractivity contribution < 1.29 is 19.7 Å². The number of aliphatic imine (C=N–C) groups is 2. The monoisotopic (exact) mass is 366 g/mol. The average Bonchev–Trinajstić information content (AvgIpc) is 3.33. The molecule has 6 heteroatoms. The Kier molecular flexibility index (Phi) is 5.18. The highest BCUT2D eigenvalue weighted by atomic mass is 16.5. The van der Waals surface area contributed by atoms with E-state index in [2.05, 4.69) is 9.98 Å². The Morgan fingerprint density at radius 1 is 0.667 bits per heavy atom. The fraction of sp³-hybridized carbons (Fsp3) is 0.333. The maximum atomic E-state index is 9.67. The van der Waals surface area contributed by atoms with Crippen molar-refractivity contribution in [2.24, 2.45) is 9.98 Å². The molecule has 140 valence electrons. The summed E-state index contributed by atoms with van der Waals surface area (Å²) in [7, 11) is 0. The Labute approximate surface area is 157 Å². The van der Waals surface area contributed by atoms with E-state index in [0.29, 0.717) is 18.2 Å². The van der Waals surface area contributed by atoms with Crippen LogP contribution in [0.2, 0.25) is 0 Å². The van der Waals surface area contributed by atoms with E-state index < -0.39 is 0 Å². The second-order valence-corrected chi connectivity index (χ2v) is 6.62. The maximum Gasteiger partial charge on any atom is 0.193 e. The third-order valence-electron chi connectivity index (χ3n) is 4.78. The molecule has 0 spiro atoms. The summed E-state index contributed by atoms with van der Waals surface area (Å²) < 4.78 is 12.0. The minimum absolute atomic E-state index is 0.0949. The van der Waals surface area contributed by atoms with Crippen LogP contribution >= 0.6 is 0 Å². The van der Waals surface area contributed by atoms with Gasteiger partial charge in [0.15, 0.2) is 11.8 Å². The molecule has 0 saturated heterocycles. The van der Waals surface area contributed by atoms with Crippen LogP contribution in [-0.2, 0) is 9.47 Å². The minimum Gasteiger partial charge on any atom is -0.470 e. The molecule has 2 heterocycles. The van der Waals surface area contributed by atoms with Crippen LogP contribution in [0.15, 0.2) is 70.6 Å². The number of aliphatic hydroxyl groups excluding tert-OH is 2. The second-order valence-electron chi connectivity index (χ2n) is 6.62. The highest BCUT2D eigenvalue weighted by molar-refractivity contribution is 5.98. The molecule has 0 unspecified atom stereocenters. The highest BCUT2D eigenvalue weighted by Crippen LogP contribution is 2.33. The Hall–Kier alpha value is -2.70. The number of hydrogen-bond donors (Lipinski definition) is 2. The zero-order chi connectivity index (χ0) is 18.6. The van der Waals surface area contributed by atoms with Gasteiger partial charge in [-0.3, -0.25) is 0 Å². The first-order valence-electron chi connectivity index (χ1n) is 9.06. The van der Waals surface area contributed by atoms with Gasteiger partial charge in [0.25, 0.3) is 0 Å². The van der Waals surface area contributed by atoms with Crippen LogP contribution in [0.1, 0.15) is 29.8 Å². The van der Waals surface area contributed by atoms with Gasteiger partial charge < -0.3 is 19.7 Å². The third-order valence-corrected chi connectivity index (χ3v) is 4.78. The molecule has 0 aromatic heterocycles. The van der Waals surface area contributed by atoms with E-state index in [4.69, 9.17) is 9.47 Å². The summed E-state index contributed by atoms with van der Waals surface area (Å²) in [4.78, 5) is 9.00. The zero-order valence-electron chi connectivity index (χ0n) is 14.8. The molecule has 4 rings (SSSR count). The molecule has 0 amide bonds. The SMILES string of the molecule is OC[C@H]1N=C(CC2=N[C@H](CO)[C@@H](c3ccccc3)O2)O[C@@H]1c1ccccc1. The first-order valence-corrected chi connectivity index (χ1v) is 9.06. The predicted octanol–water partition coefficient (Wildman–Crippen LogP) is 2.44. The summed E-state index contributed by atoms with van der Waals surface area (Å²) >= 11 is 0. The number of rotatable bonds is 6. The first kappa shape index (κ1) is 17.7. The summed E-state index contributed by atoms with van der Waals surface area (Å²) in [5.41, 5.74) is 1.94. The molecule has 27 heavy (non-hydrogen) atoms. The van der Waals surface area contributed by atoms with Crippen molar-refractivity contribution in [1.82, 2.24) is 0 Å². The highest BCUT2D eigenvalue weighted by Gasteiger charge is 2.36. The summed E-state index contributed by atoms with van der Waals surface area (Å²) in [5, 5.41) is 19.3. The van der Waals surface area contributed by atoms with Gasteiger partial charge in [0.1, 0.15) is 24.3 Å². The van der Waals surface area contributed by atoms with E-state index in [1.165, 1.54) is 0 Å². The molecule has 0 saturated carbocycles. The number of benzene rings is 2. The Bertz CT molecular complexity index is 753. The van der Waals surface area contributed by atoms with Crippen LogP contribution in [0.3, 0.4) is 0 Å². The van der Waals surface area contributed by atoms with Gasteiger partial charge in [-0.05, 0) is 11.1 Å². The molecule has 2 aromatic rings. The van der Waals surface area contributed by atoms with Crippen molar-refractivity contribution in [2.45, 2.75) is 30.7 Å². The largest absolute Gasteiger partial charge is 0.470 e. The van der Waals surface area contributed by atoms with Gasteiger partial charge >= 0.3 is 0 Å². The van der Waals surface area contributed by atoms with Gasteiger partial charge in [-0.15, -0.1) is 0 Å². The Morgan fingerprint density at radius 2 is 1.07 bits per heavy atom. The predicted molar refractivity (Wildman–Crippen MR) is 102 cm³/mol. The number of hydrogen-bond acceptors (Lipinski definition) is 6. The summed E-state index contributed by atoms with van der Waals surface area (Å²) in [6.07, 6.45) is -0.321. The lowest BCUT2D eigenvalue weighted by atomic mass is 10.0. The van der Waals surface area contributed by atoms with Crippen molar-refractivity contribution in [3.63, 3.8) is 0 Å². The van der Waals surface area contributed by atoms with Crippen LogP contribution in [0.5, 0.6) is 0 Å². The van der Waals surface area contributed by atoms with Crippen LogP contribution in [0, 0.1) is 0 Å².